The highest BCUT2D eigenvalue weighted by atomic mass is 16.5. The van der Waals surface area contributed by atoms with Crippen LogP contribution in [-0.2, 0) is 6.42 Å². The van der Waals surface area contributed by atoms with Gasteiger partial charge in [0.2, 0.25) is 0 Å². The van der Waals surface area contributed by atoms with Gasteiger partial charge in [0.15, 0.2) is 0 Å². The van der Waals surface area contributed by atoms with Gasteiger partial charge in [-0.2, -0.15) is 0 Å². The smallest absolute Gasteiger partial charge is 0.123 e. The lowest BCUT2D eigenvalue weighted by Gasteiger charge is -2.30. The summed E-state index contributed by atoms with van der Waals surface area (Å²) in [6.45, 7) is 3.97. The molecule has 3 rings (SSSR count). The maximum atomic E-state index is 6.09. The topological polar surface area (TPSA) is 38.5 Å². The van der Waals surface area contributed by atoms with E-state index in [1.54, 1.807) is 0 Å². The molecular weight excluding hydrogens is 248 g/mol. The molecule has 110 valence electrons. The first kappa shape index (κ1) is 13.9. The first-order valence-corrected chi connectivity index (χ1v) is 7.84. The monoisotopic (exact) mass is 274 g/mol. The Balaban J connectivity index is 1.60. The fourth-order valence-corrected chi connectivity index (χ4v) is 3.88. The van der Waals surface area contributed by atoms with Gasteiger partial charge in [0.05, 0.1) is 0 Å². The number of aryl methyl sites for hydroxylation is 1. The summed E-state index contributed by atoms with van der Waals surface area (Å²) in [5.74, 6) is 1.75. The number of nitrogens with zero attached hydrogens (tertiary/aromatic N) is 1. The van der Waals surface area contributed by atoms with E-state index in [-0.39, 0.29) is 0 Å². The summed E-state index contributed by atoms with van der Waals surface area (Å²) in [5.41, 5.74) is 8.58. The van der Waals surface area contributed by atoms with E-state index in [2.05, 4.69) is 37.1 Å². The zero-order valence-electron chi connectivity index (χ0n) is 12.6. The van der Waals surface area contributed by atoms with Crippen LogP contribution in [0, 0.1) is 12.8 Å². The van der Waals surface area contributed by atoms with Crippen molar-refractivity contribution in [2.24, 2.45) is 11.7 Å². The van der Waals surface area contributed by atoms with Crippen LogP contribution in [0.25, 0.3) is 0 Å². The summed E-state index contributed by atoms with van der Waals surface area (Å²) < 4.78 is 6.09. The molecule has 1 aliphatic heterocycles. The number of fused-ring (bicyclic) bond motifs is 1. The Morgan fingerprint density at radius 2 is 2.20 bits per heavy atom. The number of rotatable bonds is 4. The summed E-state index contributed by atoms with van der Waals surface area (Å²) in [4.78, 5) is 2.48. The second-order valence-corrected chi connectivity index (χ2v) is 6.49. The number of likely N-dealkylation sites (N-methyl/N-ethyl adjacent to an activating group) is 1. The normalized spacial score (nSPS) is 28.7. The summed E-state index contributed by atoms with van der Waals surface area (Å²) in [6.07, 6.45) is 5.24. The molecule has 1 saturated carbocycles. The molecule has 3 nitrogen and oxygen atoms in total. The minimum absolute atomic E-state index is 0.302. The molecule has 0 aromatic heterocycles. The molecule has 1 fully saturated rings. The van der Waals surface area contributed by atoms with Gasteiger partial charge in [-0.15, -0.1) is 0 Å². The Bertz CT molecular complexity index is 474. The number of hydrogen-bond donors (Lipinski definition) is 1. The summed E-state index contributed by atoms with van der Waals surface area (Å²) in [6, 6.07) is 7.15. The predicted octanol–water partition coefficient (Wildman–Crippen LogP) is 2.36. The number of hydrogen-bond acceptors (Lipinski definition) is 3. The van der Waals surface area contributed by atoms with Gasteiger partial charge < -0.3 is 10.5 Å². The van der Waals surface area contributed by atoms with Crippen LogP contribution in [0.5, 0.6) is 5.75 Å². The maximum absolute atomic E-state index is 6.09. The fraction of sp³-hybridized carbons (Fsp3) is 0.647. The Labute approximate surface area is 122 Å². The first-order chi connectivity index (χ1) is 9.67. The van der Waals surface area contributed by atoms with Crippen molar-refractivity contribution in [2.45, 2.75) is 44.8 Å². The van der Waals surface area contributed by atoms with Crippen molar-refractivity contribution in [3.63, 3.8) is 0 Å². The van der Waals surface area contributed by atoms with Crippen LogP contribution in [0.4, 0.5) is 0 Å². The maximum Gasteiger partial charge on any atom is 0.123 e. The van der Waals surface area contributed by atoms with E-state index in [9.17, 15) is 0 Å². The van der Waals surface area contributed by atoms with Crippen molar-refractivity contribution in [1.82, 2.24) is 4.90 Å². The van der Waals surface area contributed by atoms with Crippen LogP contribution in [0.2, 0.25) is 0 Å². The average Bonchev–Trinajstić information content (AvgIpc) is 3.03. The molecule has 1 heterocycles. The van der Waals surface area contributed by atoms with E-state index in [1.165, 1.54) is 30.4 Å². The Morgan fingerprint density at radius 1 is 1.35 bits per heavy atom. The van der Waals surface area contributed by atoms with E-state index in [4.69, 9.17) is 10.5 Å². The second kappa shape index (κ2) is 5.74. The van der Waals surface area contributed by atoms with Gasteiger partial charge in [0.25, 0.3) is 0 Å². The van der Waals surface area contributed by atoms with Crippen LogP contribution >= 0.6 is 0 Å². The van der Waals surface area contributed by atoms with Gasteiger partial charge in [-0.05, 0) is 50.9 Å². The van der Waals surface area contributed by atoms with Crippen LogP contribution in [0.15, 0.2) is 18.2 Å². The summed E-state index contributed by atoms with van der Waals surface area (Å²) in [5, 5.41) is 0. The average molecular weight is 274 g/mol. The second-order valence-electron chi connectivity index (χ2n) is 6.49. The molecule has 1 aromatic rings. The lowest BCUT2D eigenvalue weighted by molar-refractivity contribution is 0.122. The van der Waals surface area contributed by atoms with Gasteiger partial charge in [0.1, 0.15) is 11.9 Å². The van der Waals surface area contributed by atoms with Crippen molar-refractivity contribution in [2.75, 3.05) is 20.1 Å². The molecule has 0 bridgehead atoms. The molecule has 3 unspecified atom stereocenters. The Hall–Kier alpha value is -1.06. The highest BCUT2D eigenvalue weighted by molar-refractivity contribution is 5.40. The molecule has 0 radical (unpaired) electrons. The third-order valence-corrected chi connectivity index (χ3v) is 4.94. The van der Waals surface area contributed by atoms with Crippen LogP contribution in [0.1, 0.15) is 30.4 Å². The quantitative estimate of drug-likeness (QED) is 0.916. The van der Waals surface area contributed by atoms with Crippen molar-refractivity contribution < 1.29 is 4.74 Å². The molecule has 0 amide bonds. The van der Waals surface area contributed by atoms with Crippen LogP contribution in [0.3, 0.4) is 0 Å². The van der Waals surface area contributed by atoms with Gasteiger partial charge >= 0.3 is 0 Å². The molecule has 2 N–H and O–H groups in total. The third-order valence-electron chi connectivity index (χ3n) is 4.94. The van der Waals surface area contributed by atoms with Crippen molar-refractivity contribution in [3.05, 3.63) is 29.3 Å². The van der Waals surface area contributed by atoms with Gasteiger partial charge in [0, 0.05) is 19.0 Å². The number of nitrogens with two attached hydrogens (primary N) is 1. The lowest BCUT2D eigenvalue weighted by atomic mass is 10.0. The molecule has 2 aliphatic rings. The molecule has 1 aromatic carbocycles. The largest absolute Gasteiger partial charge is 0.488 e. The lowest BCUT2D eigenvalue weighted by Crippen LogP contribution is -2.42. The third kappa shape index (κ3) is 2.70. The predicted molar refractivity (Wildman–Crippen MR) is 82.1 cm³/mol. The first-order valence-electron chi connectivity index (χ1n) is 7.84. The molecule has 3 heteroatoms. The highest BCUT2D eigenvalue weighted by Gasteiger charge is 2.32. The molecule has 3 atom stereocenters. The number of ether oxygens (including phenoxy) is 1. The van der Waals surface area contributed by atoms with E-state index < -0.39 is 0 Å². The van der Waals surface area contributed by atoms with Gasteiger partial charge in [-0.1, -0.05) is 24.1 Å². The van der Waals surface area contributed by atoms with E-state index in [1.807, 2.05) is 0 Å². The van der Waals surface area contributed by atoms with Gasteiger partial charge in [-0.3, -0.25) is 4.90 Å². The van der Waals surface area contributed by atoms with E-state index in [0.29, 0.717) is 18.1 Å². The van der Waals surface area contributed by atoms with E-state index >= 15 is 0 Å². The zero-order chi connectivity index (χ0) is 14.1. The van der Waals surface area contributed by atoms with Crippen molar-refractivity contribution >= 4 is 0 Å². The van der Waals surface area contributed by atoms with E-state index in [0.717, 1.165) is 25.3 Å². The summed E-state index contributed by atoms with van der Waals surface area (Å²) >= 11 is 0. The summed E-state index contributed by atoms with van der Waals surface area (Å²) in [7, 11) is 2.23. The van der Waals surface area contributed by atoms with Crippen LogP contribution < -0.4 is 10.5 Å². The molecule has 20 heavy (non-hydrogen) atoms. The Kier molecular flexibility index (Phi) is 3.99. The minimum Gasteiger partial charge on any atom is -0.488 e. The molecule has 1 aliphatic carbocycles. The van der Waals surface area contributed by atoms with Crippen molar-refractivity contribution in [3.8, 4) is 5.75 Å². The van der Waals surface area contributed by atoms with Crippen LogP contribution in [-0.4, -0.2) is 37.2 Å². The van der Waals surface area contributed by atoms with Gasteiger partial charge in [-0.25, -0.2) is 0 Å². The number of benzene rings is 1. The fourth-order valence-electron chi connectivity index (χ4n) is 3.88. The highest BCUT2D eigenvalue weighted by Crippen LogP contribution is 2.32. The SMILES string of the molecule is Cc1ccc2c(c1)CC(CN(C)C1CCCC1CN)O2. The zero-order valence-corrected chi connectivity index (χ0v) is 12.6. The Morgan fingerprint density at radius 3 is 3.00 bits per heavy atom. The molecule has 0 spiro atoms. The molecular formula is C17H26N2O. The van der Waals surface area contributed by atoms with Crippen molar-refractivity contribution in [1.29, 1.82) is 0 Å². The standard InChI is InChI=1S/C17H26N2O/c1-12-6-7-17-14(8-12)9-15(20-17)11-19(2)16-5-3-4-13(16)10-18/h6-8,13,15-16H,3-5,9-11,18H2,1-2H3. The molecule has 0 saturated heterocycles. The minimum atomic E-state index is 0.302.